The average molecular weight is 539 g/mol. The Kier molecular flexibility index (Phi) is 9.90. The molecule has 3 rings (SSSR count). The van der Waals surface area contributed by atoms with Gasteiger partial charge in [-0.25, -0.2) is 0 Å². The zero-order valence-electron chi connectivity index (χ0n) is 20.9. The number of hydrogen-bond acceptors (Lipinski definition) is 9. The third-order valence-electron chi connectivity index (χ3n) is 6.05. The third-order valence-corrected chi connectivity index (χ3v) is 6.43. The van der Waals surface area contributed by atoms with Crippen LogP contribution in [0.2, 0.25) is 5.02 Å². The van der Waals surface area contributed by atoms with E-state index in [2.05, 4.69) is 10.9 Å². The molecule has 2 unspecified atom stereocenters. The van der Waals surface area contributed by atoms with Gasteiger partial charge in [0.15, 0.2) is 17.9 Å². The quantitative estimate of drug-likeness (QED) is 0.245. The van der Waals surface area contributed by atoms with Crippen LogP contribution in [-0.2, 0) is 23.8 Å². The first kappa shape index (κ1) is 28.4. The van der Waals surface area contributed by atoms with E-state index in [0.717, 1.165) is 19.3 Å². The zero-order chi connectivity index (χ0) is 27.1. The van der Waals surface area contributed by atoms with Gasteiger partial charge in [0.25, 0.3) is 5.91 Å². The van der Waals surface area contributed by atoms with Gasteiger partial charge < -0.3 is 24.1 Å². The van der Waals surface area contributed by atoms with Crippen molar-refractivity contribution in [3.05, 3.63) is 34.1 Å². The number of Topliss-reactive ketones (excluding diaryl/α,β-unsaturated/α-hetero) is 1. The van der Waals surface area contributed by atoms with E-state index in [1.54, 1.807) is 6.92 Å². The van der Waals surface area contributed by atoms with Crippen LogP contribution in [0.5, 0.6) is 11.5 Å². The lowest BCUT2D eigenvalue weighted by atomic mass is 9.78. The molecule has 1 heterocycles. The van der Waals surface area contributed by atoms with Crippen LogP contribution < -0.4 is 15.6 Å². The minimum absolute atomic E-state index is 0.0281. The van der Waals surface area contributed by atoms with E-state index in [9.17, 15) is 24.3 Å². The number of carbonyl (C=O) groups excluding carboxylic acids is 4. The van der Waals surface area contributed by atoms with Gasteiger partial charge in [-0.15, -0.1) is 0 Å². The number of benzene rings is 1. The minimum Gasteiger partial charge on any atom is -0.505 e. The Balaban J connectivity index is 1.93. The summed E-state index contributed by atoms with van der Waals surface area (Å²) in [7, 11) is 1.35. The first-order valence-electron chi connectivity index (χ1n) is 11.9. The van der Waals surface area contributed by atoms with Gasteiger partial charge in [0, 0.05) is 26.0 Å². The molecule has 1 aliphatic carbocycles. The number of amides is 2. The molecule has 1 aromatic carbocycles. The molecular formula is C25H31ClN2O9. The number of methoxy groups -OCH3 is 1. The summed E-state index contributed by atoms with van der Waals surface area (Å²) in [5.74, 6) is -4.09. The number of halogens is 1. The fourth-order valence-corrected chi connectivity index (χ4v) is 4.51. The lowest BCUT2D eigenvalue weighted by Crippen LogP contribution is -2.40. The number of rotatable bonds is 9. The maximum atomic E-state index is 13.7. The summed E-state index contributed by atoms with van der Waals surface area (Å²) < 4.78 is 22.3. The Morgan fingerprint density at radius 2 is 1.97 bits per heavy atom. The predicted molar refractivity (Wildman–Crippen MR) is 131 cm³/mol. The molecule has 12 heteroatoms. The molecule has 202 valence electrons. The SMILES string of the molecule is COC1=CC(=O)C[C@@H](C)C1C(=O)c1c(OCCOC2CCCCO2)cc(C(=O)NNC(C)=O)c(Cl)c1O. The minimum atomic E-state index is -0.891. The van der Waals surface area contributed by atoms with Crippen LogP contribution in [0.4, 0.5) is 0 Å². The van der Waals surface area contributed by atoms with E-state index >= 15 is 0 Å². The third kappa shape index (κ3) is 7.00. The fourth-order valence-electron chi connectivity index (χ4n) is 4.28. The summed E-state index contributed by atoms with van der Waals surface area (Å²) in [4.78, 5) is 49.5. The number of carbonyl (C=O) groups is 4. The van der Waals surface area contributed by atoms with Crippen LogP contribution in [0.25, 0.3) is 0 Å². The van der Waals surface area contributed by atoms with Gasteiger partial charge in [-0.2, -0.15) is 0 Å². The summed E-state index contributed by atoms with van der Waals surface area (Å²) in [5.41, 5.74) is 3.81. The number of phenolic OH excluding ortho intramolecular Hbond substituents is 1. The molecule has 2 aliphatic rings. The summed E-state index contributed by atoms with van der Waals surface area (Å²) in [5, 5.41) is 10.6. The number of aromatic hydroxyl groups is 1. The van der Waals surface area contributed by atoms with Gasteiger partial charge in [-0.05, 0) is 31.2 Å². The van der Waals surface area contributed by atoms with Crippen molar-refractivity contribution in [1.82, 2.24) is 10.9 Å². The summed E-state index contributed by atoms with van der Waals surface area (Å²) in [6.07, 6.45) is 3.72. The van der Waals surface area contributed by atoms with Crippen molar-refractivity contribution in [2.75, 3.05) is 26.9 Å². The van der Waals surface area contributed by atoms with Gasteiger partial charge in [-0.1, -0.05) is 18.5 Å². The van der Waals surface area contributed by atoms with E-state index in [0.29, 0.717) is 6.61 Å². The molecule has 1 fully saturated rings. The van der Waals surface area contributed by atoms with Gasteiger partial charge in [0.1, 0.15) is 29.4 Å². The van der Waals surface area contributed by atoms with Crippen molar-refractivity contribution in [3.63, 3.8) is 0 Å². The highest BCUT2D eigenvalue weighted by Gasteiger charge is 2.39. The molecule has 3 atom stereocenters. The monoisotopic (exact) mass is 538 g/mol. The molecular weight excluding hydrogens is 508 g/mol. The number of phenols is 1. The van der Waals surface area contributed by atoms with Crippen molar-refractivity contribution in [1.29, 1.82) is 0 Å². The van der Waals surface area contributed by atoms with Crippen LogP contribution in [-0.4, -0.2) is 61.7 Å². The lowest BCUT2D eigenvalue weighted by molar-refractivity contribution is -0.165. The predicted octanol–water partition coefficient (Wildman–Crippen LogP) is 2.69. The van der Waals surface area contributed by atoms with Crippen LogP contribution in [0, 0.1) is 11.8 Å². The zero-order valence-corrected chi connectivity index (χ0v) is 21.7. The molecule has 0 radical (unpaired) electrons. The highest BCUT2D eigenvalue weighted by atomic mass is 35.5. The maximum absolute atomic E-state index is 13.7. The van der Waals surface area contributed by atoms with Crippen LogP contribution in [0.1, 0.15) is 60.2 Å². The number of hydrazine groups is 1. The second-order valence-electron chi connectivity index (χ2n) is 8.85. The number of hydrogen-bond donors (Lipinski definition) is 3. The van der Waals surface area contributed by atoms with E-state index in [-0.39, 0.29) is 54.3 Å². The Morgan fingerprint density at radius 3 is 2.62 bits per heavy atom. The van der Waals surface area contributed by atoms with E-state index in [4.69, 9.17) is 30.5 Å². The lowest BCUT2D eigenvalue weighted by Gasteiger charge is -2.28. The molecule has 0 bridgehead atoms. The summed E-state index contributed by atoms with van der Waals surface area (Å²) >= 11 is 6.28. The fraction of sp³-hybridized carbons (Fsp3) is 0.520. The molecule has 1 aliphatic heterocycles. The van der Waals surface area contributed by atoms with Crippen molar-refractivity contribution < 1.29 is 43.2 Å². The number of nitrogens with one attached hydrogen (secondary N) is 2. The Labute approximate surface area is 219 Å². The van der Waals surface area contributed by atoms with E-state index in [1.807, 2.05) is 0 Å². The van der Waals surface area contributed by atoms with E-state index in [1.165, 1.54) is 26.2 Å². The number of ketones is 2. The van der Waals surface area contributed by atoms with Crippen molar-refractivity contribution in [2.24, 2.45) is 11.8 Å². The molecule has 1 saturated heterocycles. The Morgan fingerprint density at radius 1 is 1.22 bits per heavy atom. The van der Waals surface area contributed by atoms with Gasteiger partial charge in [-0.3, -0.25) is 30.0 Å². The Bertz CT molecular complexity index is 1080. The highest BCUT2D eigenvalue weighted by molar-refractivity contribution is 6.36. The average Bonchev–Trinajstić information content (AvgIpc) is 2.86. The maximum Gasteiger partial charge on any atom is 0.271 e. The molecule has 1 aromatic rings. The van der Waals surface area contributed by atoms with Crippen molar-refractivity contribution in [2.45, 2.75) is 45.8 Å². The highest BCUT2D eigenvalue weighted by Crippen LogP contribution is 2.42. The number of allylic oxidation sites excluding steroid dienone is 2. The first-order valence-corrected chi connectivity index (χ1v) is 12.3. The van der Waals surface area contributed by atoms with Gasteiger partial charge >= 0.3 is 0 Å². The van der Waals surface area contributed by atoms with Crippen molar-refractivity contribution >= 4 is 35.0 Å². The molecule has 11 nitrogen and oxygen atoms in total. The molecule has 0 aromatic heterocycles. The molecule has 37 heavy (non-hydrogen) atoms. The van der Waals surface area contributed by atoms with E-state index < -0.39 is 40.2 Å². The molecule has 2 amide bonds. The number of ether oxygens (including phenoxy) is 4. The van der Waals surface area contributed by atoms with Gasteiger partial charge in [0.2, 0.25) is 5.91 Å². The normalized spacial score (nSPS) is 21.6. The van der Waals surface area contributed by atoms with Crippen molar-refractivity contribution in [3.8, 4) is 11.5 Å². The molecule has 0 saturated carbocycles. The topological polar surface area (TPSA) is 149 Å². The largest absolute Gasteiger partial charge is 0.505 e. The molecule has 3 N–H and O–H groups in total. The first-order chi connectivity index (χ1) is 17.6. The Hall–Kier alpha value is -3.15. The van der Waals surface area contributed by atoms with Crippen LogP contribution in [0.3, 0.4) is 0 Å². The van der Waals surface area contributed by atoms with Crippen LogP contribution >= 0.6 is 11.6 Å². The second kappa shape index (κ2) is 12.9. The summed E-state index contributed by atoms with van der Waals surface area (Å²) in [6, 6.07) is 1.21. The molecule has 0 spiro atoms. The van der Waals surface area contributed by atoms with Gasteiger partial charge in [0.05, 0.1) is 30.2 Å². The smallest absolute Gasteiger partial charge is 0.271 e. The standard InChI is InChI=1S/C25H31ClN2O9/c1-13-10-15(30)11-17(34-3)20(13)23(31)21-18(35-8-9-37-19-6-4-5-7-36-19)12-16(22(26)24(21)32)25(33)28-27-14(2)29/h11-13,19-20,32H,4-10H2,1-3H3,(H,27,29)(H,28,33)/t13-,19?,20?/m1/s1. The second-order valence-corrected chi connectivity index (χ2v) is 9.23. The van der Waals surface area contributed by atoms with Crippen LogP contribution in [0.15, 0.2) is 17.9 Å². The summed E-state index contributed by atoms with van der Waals surface area (Å²) in [6.45, 7) is 3.62.